The largest absolute Gasteiger partial charge is 0.371 e. The van der Waals surface area contributed by atoms with Crippen LogP contribution >= 0.6 is 15.9 Å². The summed E-state index contributed by atoms with van der Waals surface area (Å²) >= 11 is 3.25. The summed E-state index contributed by atoms with van der Waals surface area (Å²) in [6.45, 7) is 6.06. The van der Waals surface area contributed by atoms with Crippen molar-refractivity contribution in [2.75, 3.05) is 39.3 Å². The van der Waals surface area contributed by atoms with E-state index in [1.54, 1.807) is 0 Å². The van der Waals surface area contributed by atoms with Crippen LogP contribution in [0.2, 0.25) is 0 Å². The number of nitrogens with zero attached hydrogens (tertiary/aromatic N) is 1. The molecule has 2 unspecified atom stereocenters. The van der Waals surface area contributed by atoms with E-state index in [4.69, 9.17) is 4.74 Å². The fourth-order valence-corrected chi connectivity index (χ4v) is 3.62. The predicted molar refractivity (Wildman–Crippen MR) is 84.8 cm³/mol. The van der Waals surface area contributed by atoms with Gasteiger partial charge in [-0.05, 0) is 65.5 Å². The second-order valence-electron chi connectivity index (χ2n) is 6.00. The molecule has 2 aliphatic rings. The first kappa shape index (κ1) is 15.4. The zero-order chi connectivity index (χ0) is 14.7. The Morgan fingerprint density at radius 1 is 1.43 bits per heavy atom. The van der Waals surface area contributed by atoms with E-state index >= 15 is 0 Å². The molecule has 0 radical (unpaired) electrons. The van der Waals surface area contributed by atoms with Crippen LogP contribution in [0.4, 0.5) is 4.39 Å². The van der Waals surface area contributed by atoms with E-state index in [0.29, 0.717) is 4.47 Å². The van der Waals surface area contributed by atoms with E-state index < -0.39 is 0 Å². The molecule has 0 aromatic heterocycles. The highest BCUT2D eigenvalue weighted by Gasteiger charge is 2.25. The molecule has 21 heavy (non-hydrogen) atoms. The molecule has 2 atom stereocenters. The molecule has 0 spiro atoms. The molecule has 2 saturated heterocycles. The van der Waals surface area contributed by atoms with Gasteiger partial charge in [-0.3, -0.25) is 4.90 Å². The second-order valence-corrected chi connectivity index (χ2v) is 6.86. The summed E-state index contributed by atoms with van der Waals surface area (Å²) in [5, 5.41) is 3.48. The van der Waals surface area contributed by atoms with Gasteiger partial charge < -0.3 is 10.1 Å². The molecule has 1 aromatic carbocycles. The van der Waals surface area contributed by atoms with Crippen molar-refractivity contribution in [2.45, 2.75) is 18.9 Å². The zero-order valence-electron chi connectivity index (χ0n) is 12.2. The summed E-state index contributed by atoms with van der Waals surface area (Å²) in [6, 6.07) is 5.18. The predicted octanol–water partition coefficient (Wildman–Crippen LogP) is 2.96. The van der Waals surface area contributed by atoms with Gasteiger partial charge in [-0.2, -0.15) is 0 Å². The molecule has 2 fully saturated rings. The van der Waals surface area contributed by atoms with Crippen LogP contribution < -0.4 is 5.32 Å². The third kappa shape index (κ3) is 4.03. The van der Waals surface area contributed by atoms with E-state index in [2.05, 4.69) is 26.1 Å². The molecule has 0 aliphatic carbocycles. The van der Waals surface area contributed by atoms with Gasteiger partial charge in [0.25, 0.3) is 0 Å². The van der Waals surface area contributed by atoms with Gasteiger partial charge >= 0.3 is 0 Å². The number of hydrogen-bond donors (Lipinski definition) is 1. The van der Waals surface area contributed by atoms with Crippen LogP contribution in [-0.4, -0.2) is 44.2 Å². The van der Waals surface area contributed by atoms with E-state index in [1.807, 2.05) is 12.1 Å². The van der Waals surface area contributed by atoms with Crippen LogP contribution in [0.1, 0.15) is 24.5 Å². The summed E-state index contributed by atoms with van der Waals surface area (Å²) < 4.78 is 19.7. The van der Waals surface area contributed by atoms with Gasteiger partial charge in [-0.25, -0.2) is 4.39 Å². The quantitative estimate of drug-likeness (QED) is 0.900. The lowest BCUT2D eigenvalue weighted by molar-refractivity contribution is -0.0354. The fraction of sp³-hybridized carbons (Fsp3) is 0.625. The van der Waals surface area contributed by atoms with Crippen molar-refractivity contribution >= 4 is 15.9 Å². The van der Waals surface area contributed by atoms with Crippen LogP contribution in [0, 0.1) is 11.7 Å². The van der Waals surface area contributed by atoms with Crippen molar-refractivity contribution < 1.29 is 9.13 Å². The topological polar surface area (TPSA) is 24.5 Å². The first-order valence-corrected chi connectivity index (χ1v) is 8.51. The van der Waals surface area contributed by atoms with Crippen LogP contribution in [0.5, 0.6) is 0 Å². The molecular formula is C16H22BrFN2O. The average Bonchev–Trinajstić information content (AvgIpc) is 2.51. The number of rotatable bonds is 3. The van der Waals surface area contributed by atoms with E-state index in [-0.39, 0.29) is 11.9 Å². The first-order valence-electron chi connectivity index (χ1n) is 7.72. The van der Waals surface area contributed by atoms with Gasteiger partial charge in [0, 0.05) is 19.6 Å². The number of nitrogens with one attached hydrogen (secondary N) is 1. The summed E-state index contributed by atoms with van der Waals surface area (Å²) in [4.78, 5) is 2.49. The van der Waals surface area contributed by atoms with Crippen LogP contribution in [0.3, 0.4) is 0 Å². The van der Waals surface area contributed by atoms with Gasteiger partial charge in [0.1, 0.15) is 5.82 Å². The molecule has 3 rings (SSSR count). The molecule has 0 bridgehead atoms. The molecule has 0 amide bonds. The van der Waals surface area contributed by atoms with E-state index in [1.165, 1.54) is 18.9 Å². The lowest BCUT2D eigenvalue weighted by Gasteiger charge is -2.36. The average molecular weight is 357 g/mol. The number of ether oxygens (including phenoxy) is 1. The minimum atomic E-state index is -0.223. The molecule has 1 aromatic rings. The highest BCUT2D eigenvalue weighted by molar-refractivity contribution is 9.10. The van der Waals surface area contributed by atoms with Crippen molar-refractivity contribution in [1.29, 1.82) is 0 Å². The molecular weight excluding hydrogens is 335 g/mol. The third-order valence-electron chi connectivity index (χ3n) is 4.38. The maximum atomic E-state index is 13.3. The monoisotopic (exact) mass is 356 g/mol. The summed E-state index contributed by atoms with van der Waals surface area (Å²) in [5.74, 6) is 0.525. The van der Waals surface area contributed by atoms with Gasteiger partial charge in [0.05, 0.1) is 17.2 Å². The first-order chi connectivity index (χ1) is 10.2. The van der Waals surface area contributed by atoms with Gasteiger partial charge in [-0.1, -0.05) is 6.07 Å². The number of benzene rings is 1. The summed E-state index contributed by atoms with van der Waals surface area (Å²) in [5.41, 5.74) is 1.05. The maximum Gasteiger partial charge on any atom is 0.137 e. The third-order valence-corrected chi connectivity index (χ3v) is 4.99. The minimum absolute atomic E-state index is 0.0483. The zero-order valence-corrected chi connectivity index (χ0v) is 13.7. The molecule has 1 N–H and O–H groups in total. The van der Waals surface area contributed by atoms with Gasteiger partial charge in [-0.15, -0.1) is 0 Å². The normalized spacial score (nSPS) is 27.7. The highest BCUT2D eigenvalue weighted by atomic mass is 79.9. The molecule has 3 nitrogen and oxygen atoms in total. The summed E-state index contributed by atoms with van der Waals surface area (Å²) in [6.07, 6.45) is 2.65. The Bertz CT molecular complexity index is 479. The Labute approximate surface area is 134 Å². The molecule has 5 heteroatoms. The highest BCUT2D eigenvalue weighted by Crippen LogP contribution is 2.27. The SMILES string of the molecule is Fc1ccc(C2CN(CC3CCCNC3)CCO2)cc1Br. The Morgan fingerprint density at radius 2 is 2.33 bits per heavy atom. The molecule has 2 heterocycles. The Morgan fingerprint density at radius 3 is 3.10 bits per heavy atom. The Hall–Kier alpha value is -0.490. The number of piperidine rings is 1. The number of morpholine rings is 1. The molecule has 116 valence electrons. The molecule has 2 aliphatic heterocycles. The fourth-order valence-electron chi connectivity index (χ4n) is 3.23. The molecule has 0 saturated carbocycles. The van der Waals surface area contributed by atoms with E-state index in [9.17, 15) is 4.39 Å². The van der Waals surface area contributed by atoms with Crippen molar-refractivity contribution in [1.82, 2.24) is 10.2 Å². The minimum Gasteiger partial charge on any atom is -0.371 e. The van der Waals surface area contributed by atoms with E-state index in [0.717, 1.165) is 50.8 Å². The van der Waals surface area contributed by atoms with Crippen LogP contribution in [0.15, 0.2) is 22.7 Å². The van der Waals surface area contributed by atoms with Crippen LogP contribution in [0.25, 0.3) is 0 Å². The van der Waals surface area contributed by atoms with Gasteiger partial charge in [0.2, 0.25) is 0 Å². The summed E-state index contributed by atoms with van der Waals surface area (Å²) in [7, 11) is 0. The lowest BCUT2D eigenvalue weighted by Crippen LogP contribution is -2.44. The lowest BCUT2D eigenvalue weighted by atomic mass is 9.98. The van der Waals surface area contributed by atoms with Crippen molar-refractivity contribution in [2.24, 2.45) is 5.92 Å². The Balaban J connectivity index is 1.60. The smallest absolute Gasteiger partial charge is 0.137 e. The van der Waals surface area contributed by atoms with Crippen molar-refractivity contribution in [3.8, 4) is 0 Å². The number of hydrogen-bond acceptors (Lipinski definition) is 3. The second kappa shape index (κ2) is 7.18. The van der Waals surface area contributed by atoms with Crippen molar-refractivity contribution in [3.63, 3.8) is 0 Å². The standard InChI is InChI=1S/C16H22BrFN2O/c17-14-8-13(3-4-15(14)18)16-11-20(6-7-21-16)10-12-2-1-5-19-9-12/h3-4,8,12,16,19H,1-2,5-7,9-11H2. The van der Waals surface area contributed by atoms with Gasteiger partial charge in [0.15, 0.2) is 0 Å². The van der Waals surface area contributed by atoms with Crippen LogP contribution in [-0.2, 0) is 4.74 Å². The maximum absolute atomic E-state index is 13.3. The Kier molecular flexibility index (Phi) is 5.27. The van der Waals surface area contributed by atoms with Crippen molar-refractivity contribution in [3.05, 3.63) is 34.1 Å². The number of halogens is 2.